The predicted octanol–water partition coefficient (Wildman–Crippen LogP) is 1.85. The first-order valence-electron chi connectivity index (χ1n) is 4.65. The quantitative estimate of drug-likeness (QED) is 0.772. The molecule has 78 valence electrons. The summed E-state index contributed by atoms with van der Waals surface area (Å²) in [7, 11) is 0. The van der Waals surface area contributed by atoms with Crippen molar-refractivity contribution in [2.75, 3.05) is 0 Å². The van der Waals surface area contributed by atoms with Gasteiger partial charge in [-0.1, -0.05) is 29.8 Å². The minimum Gasteiger partial charge on any atom is -0.291 e. The number of aliphatic imine (C=N–C) groups is 1. The number of nitriles is 2. The Bertz CT molecular complexity index is 485. The summed E-state index contributed by atoms with van der Waals surface area (Å²) >= 11 is 0. The lowest BCUT2D eigenvalue weighted by Gasteiger charge is -1.98. The summed E-state index contributed by atoms with van der Waals surface area (Å²) in [6, 6.07) is 9.98. The van der Waals surface area contributed by atoms with Gasteiger partial charge in [-0.2, -0.15) is 10.5 Å². The number of nitrogens with one attached hydrogen (secondary N) is 1. The molecule has 16 heavy (non-hydrogen) atoms. The first kappa shape index (κ1) is 11.6. The van der Waals surface area contributed by atoms with Crippen molar-refractivity contribution in [2.45, 2.75) is 13.0 Å². The summed E-state index contributed by atoms with van der Waals surface area (Å²) in [5.41, 5.74) is 1.64. The van der Waals surface area contributed by atoms with Crippen LogP contribution in [-0.4, -0.2) is 18.0 Å². The van der Waals surface area contributed by atoms with Crippen LogP contribution in [0, 0.1) is 35.0 Å². The Morgan fingerprint density at radius 1 is 1.38 bits per heavy atom. The Hall–Kier alpha value is -2.46. The molecule has 1 N–H and O–H groups in total. The molecule has 0 bridgehead atoms. The monoisotopic (exact) mass is 210 g/mol. The minimum atomic E-state index is -1.01. The molecule has 0 aliphatic carbocycles. The normalized spacial score (nSPS) is 11.7. The number of hydrogen-bond donors (Lipinski definition) is 1. The Labute approximate surface area is 94.0 Å². The second-order valence-electron chi connectivity index (χ2n) is 3.25. The fourth-order valence-corrected chi connectivity index (χ4v) is 1.05. The van der Waals surface area contributed by atoms with Gasteiger partial charge in [-0.15, -0.1) is 0 Å². The maximum absolute atomic E-state index is 8.69. The van der Waals surface area contributed by atoms with Gasteiger partial charge in [-0.25, -0.2) is 0 Å². The Kier molecular flexibility index (Phi) is 3.94. The van der Waals surface area contributed by atoms with E-state index in [9.17, 15) is 0 Å². The SMILES string of the molecule is Cc1ccc(C=NC(C#N)C(=N)C#N)cc1. The molecule has 1 aromatic rings. The van der Waals surface area contributed by atoms with Gasteiger partial charge in [-0.05, 0) is 12.5 Å². The van der Waals surface area contributed by atoms with E-state index in [1.54, 1.807) is 12.1 Å². The lowest BCUT2D eigenvalue weighted by Crippen LogP contribution is -2.13. The second kappa shape index (κ2) is 5.43. The molecule has 0 amide bonds. The van der Waals surface area contributed by atoms with Gasteiger partial charge in [0.1, 0.15) is 11.8 Å². The predicted molar refractivity (Wildman–Crippen MR) is 61.5 cm³/mol. The van der Waals surface area contributed by atoms with E-state index in [1.165, 1.54) is 6.21 Å². The van der Waals surface area contributed by atoms with Crippen LogP contribution in [0.1, 0.15) is 11.1 Å². The first-order chi connectivity index (χ1) is 7.67. The van der Waals surface area contributed by atoms with Gasteiger partial charge in [0.2, 0.25) is 0 Å². The topological polar surface area (TPSA) is 83.8 Å². The maximum atomic E-state index is 8.69. The van der Waals surface area contributed by atoms with Gasteiger partial charge in [0.05, 0.1) is 6.07 Å². The summed E-state index contributed by atoms with van der Waals surface area (Å²) in [5.74, 6) is 0. The summed E-state index contributed by atoms with van der Waals surface area (Å²) < 4.78 is 0. The molecule has 0 saturated heterocycles. The summed E-state index contributed by atoms with van der Waals surface area (Å²) in [6.07, 6.45) is 1.50. The molecule has 0 fully saturated rings. The fraction of sp³-hybridized carbons (Fsp3) is 0.167. The van der Waals surface area contributed by atoms with Crippen molar-refractivity contribution in [1.29, 1.82) is 15.9 Å². The van der Waals surface area contributed by atoms with E-state index in [1.807, 2.05) is 31.2 Å². The second-order valence-corrected chi connectivity index (χ2v) is 3.25. The molecule has 1 rings (SSSR count). The lowest BCUT2D eigenvalue weighted by molar-refractivity contribution is 1.09. The Balaban J connectivity index is 2.81. The molecule has 1 atom stereocenters. The van der Waals surface area contributed by atoms with E-state index >= 15 is 0 Å². The number of nitrogens with zero attached hydrogens (tertiary/aromatic N) is 3. The molecule has 0 heterocycles. The molecule has 0 aliphatic heterocycles. The van der Waals surface area contributed by atoms with Gasteiger partial charge in [0.25, 0.3) is 0 Å². The smallest absolute Gasteiger partial charge is 0.187 e. The van der Waals surface area contributed by atoms with Crippen LogP contribution in [0.5, 0.6) is 0 Å². The molecule has 4 nitrogen and oxygen atoms in total. The third-order valence-electron chi connectivity index (χ3n) is 1.97. The molecule has 0 aromatic heterocycles. The van der Waals surface area contributed by atoms with Gasteiger partial charge < -0.3 is 0 Å². The van der Waals surface area contributed by atoms with Gasteiger partial charge in [-0.3, -0.25) is 10.4 Å². The summed E-state index contributed by atoms with van der Waals surface area (Å²) in [4.78, 5) is 3.88. The fourth-order valence-electron chi connectivity index (χ4n) is 1.05. The van der Waals surface area contributed by atoms with E-state index in [0.717, 1.165) is 11.1 Å². The van der Waals surface area contributed by atoms with Gasteiger partial charge in [0, 0.05) is 6.21 Å². The molecular formula is C12H10N4. The lowest BCUT2D eigenvalue weighted by atomic mass is 10.1. The van der Waals surface area contributed by atoms with E-state index in [-0.39, 0.29) is 5.71 Å². The van der Waals surface area contributed by atoms with Crippen LogP contribution < -0.4 is 0 Å². The highest BCUT2D eigenvalue weighted by Crippen LogP contribution is 2.01. The third kappa shape index (κ3) is 3.04. The van der Waals surface area contributed by atoms with Crippen LogP contribution in [0.3, 0.4) is 0 Å². The summed E-state index contributed by atoms with van der Waals surface area (Å²) in [5, 5.41) is 24.4. The molecule has 1 unspecified atom stereocenters. The number of hydrogen-bond acceptors (Lipinski definition) is 4. The highest BCUT2D eigenvalue weighted by molar-refractivity contribution is 6.03. The van der Waals surface area contributed by atoms with E-state index in [0.29, 0.717) is 0 Å². The Morgan fingerprint density at radius 2 is 2.00 bits per heavy atom. The van der Waals surface area contributed by atoms with Crippen molar-refractivity contribution in [2.24, 2.45) is 4.99 Å². The van der Waals surface area contributed by atoms with Gasteiger partial charge >= 0.3 is 0 Å². The maximum Gasteiger partial charge on any atom is 0.187 e. The van der Waals surface area contributed by atoms with E-state index in [2.05, 4.69) is 4.99 Å². The standard InChI is InChI=1S/C12H10N4/c1-9-2-4-10(5-3-9)8-16-12(7-14)11(15)6-13/h2-5,8,12,15H,1H3. The van der Waals surface area contributed by atoms with Crippen LogP contribution >= 0.6 is 0 Å². The highest BCUT2D eigenvalue weighted by Gasteiger charge is 2.09. The van der Waals surface area contributed by atoms with Crippen LogP contribution in [0.15, 0.2) is 29.3 Å². The molecule has 0 spiro atoms. The Morgan fingerprint density at radius 3 is 2.50 bits per heavy atom. The van der Waals surface area contributed by atoms with E-state index in [4.69, 9.17) is 15.9 Å². The zero-order chi connectivity index (χ0) is 12.0. The van der Waals surface area contributed by atoms with Crippen LogP contribution in [0.2, 0.25) is 0 Å². The van der Waals surface area contributed by atoms with Crippen molar-refractivity contribution in [3.05, 3.63) is 35.4 Å². The van der Waals surface area contributed by atoms with Gasteiger partial charge in [0.15, 0.2) is 6.04 Å². The molecule has 0 aliphatic rings. The van der Waals surface area contributed by atoms with Crippen molar-refractivity contribution >= 4 is 11.9 Å². The van der Waals surface area contributed by atoms with Crippen molar-refractivity contribution in [3.63, 3.8) is 0 Å². The average molecular weight is 210 g/mol. The van der Waals surface area contributed by atoms with Crippen LogP contribution in [0.4, 0.5) is 0 Å². The van der Waals surface area contributed by atoms with Crippen LogP contribution in [0.25, 0.3) is 0 Å². The molecule has 0 saturated carbocycles. The van der Waals surface area contributed by atoms with Crippen molar-refractivity contribution in [3.8, 4) is 12.1 Å². The van der Waals surface area contributed by atoms with E-state index < -0.39 is 6.04 Å². The van der Waals surface area contributed by atoms with Crippen LogP contribution in [-0.2, 0) is 0 Å². The molecule has 1 aromatic carbocycles. The first-order valence-corrected chi connectivity index (χ1v) is 4.65. The molecule has 0 radical (unpaired) electrons. The van der Waals surface area contributed by atoms with Crippen molar-refractivity contribution in [1.82, 2.24) is 0 Å². The number of benzene rings is 1. The third-order valence-corrected chi connectivity index (χ3v) is 1.97. The zero-order valence-electron chi connectivity index (χ0n) is 8.81. The summed E-state index contributed by atoms with van der Waals surface area (Å²) in [6.45, 7) is 1.98. The minimum absolute atomic E-state index is 0.342. The highest BCUT2D eigenvalue weighted by atomic mass is 14.8. The number of rotatable bonds is 3. The molecule has 4 heteroatoms. The number of aryl methyl sites for hydroxylation is 1. The zero-order valence-corrected chi connectivity index (χ0v) is 8.81. The average Bonchev–Trinajstić information content (AvgIpc) is 2.31. The largest absolute Gasteiger partial charge is 0.291 e. The molecular weight excluding hydrogens is 200 g/mol. The van der Waals surface area contributed by atoms with Crippen molar-refractivity contribution < 1.29 is 0 Å².